The molecule has 2 heterocycles. The predicted octanol–water partition coefficient (Wildman–Crippen LogP) is 4.80. The zero-order valence-electron chi connectivity index (χ0n) is 14.2. The molecule has 2 aromatic rings. The highest BCUT2D eigenvalue weighted by molar-refractivity contribution is 8.18. The maximum absolute atomic E-state index is 12.2. The first-order chi connectivity index (χ1) is 12.2. The van der Waals surface area contributed by atoms with Gasteiger partial charge >= 0.3 is 0 Å². The van der Waals surface area contributed by atoms with Gasteiger partial charge in [-0.05, 0) is 61.4 Å². The second-order valence-electron chi connectivity index (χ2n) is 6.65. The topological polar surface area (TPSA) is 46.4 Å². The monoisotopic (exact) mass is 351 g/mol. The van der Waals surface area contributed by atoms with Gasteiger partial charge in [0, 0.05) is 18.4 Å². The first-order valence-electron chi connectivity index (χ1n) is 8.71. The van der Waals surface area contributed by atoms with Crippen molar-refractivity contribution in [2.75, 3.05) is 0 Å². The fraction of sp³-hybridized carbons (Fsp3) is 0.300. The van der Waals surface area contributed by atoms with E-state index in [1.807, 2.05) is 37.3 Å². The number of aliphatic imine (C=N–C) groups is 1. The van der Waals surface area contributed by atoms with Crippen LogP contribution in [0.4, 0.5) is 5.69 Å². The quantitative estimate of drug-likeness (QED) is 0.807. The van der Waals surface area contributed by atoms with Crippen LogP contribution >= 0.6 is 11.8 Å². The third-order valence-electron chi connectivity index (χ3n) is 4.70. The molecular weight excluding hydrogens is 330 g/mol. The van der Waals surface area contributed by atoms with Crippen molar-refractivity contribution in [1.29, 1.82) is 0 Å². The standard InChI is InChI=1S/C20H21N3OS/c1-14-6-8-16(9-7-14)21-20-22-19(24)18(25-20)12-15-10-11-23(13-15)17-4-2-3-5-17/h6-13,17H,2-5H2,1H3,(H,21,22,24)/b18-12+. The van der Waals surface area contributed by atoms with Crippen molar-refractivity contribution in [2.24, 2.45) is 4.99 Å². The maximum Gasteiger partial charge on any atom is 0.264 e. The van der Waals surface area contributed by atoms with Gasteiger partial charge < -0.3 is 9.88 Å². The lowest BCUT2D eigenvalue weighted by Crippen LogP contribution is -2.19. The molecule has 1 saturated carbocycles. The molecule has 4 nitrogen and oxygen atoms in total. The Kier molecular flexibility index (Phi) is 4.49. The molecule has 0 unspecified atom stereocenters. The molecule has 5 heteroatoms. The normalized spacial score (nSPS) is 21.4. The smallest absolute Gasteiger partial charge is 0.264 e. The average molecular weight is 351 g/mol. The largest absolute Gasteiger partial charge is 0.351 e. The van der Waals surface area contributed by atoms with E-state index in [9.17, 15) is 4.79 Å². The number of carbonyl (C=O) groups is 1. The molecule has 0 spiro atoms. The fourth-order valence-electron chi connectivity index (χ4n) is 3.31. The average Bonchev–Trinajstić information content (AvgIpc) is 3.32. The van der Waals surface area contributed by atoms with Gasteiger partial charge in [-0.3, -0.25) is 4.79 Å². The van der Waals surface area contributed by atoms with Crippen LogP contribution < -0.4 is 5.32 Å². The number of nitrogens with one attached hydrogen (secondary N) is 1. The van der Waals surface area contributed by atoms with E-state index >= 15 is 0 Å². The number of hydrogen-bond acceptors (Lipinski definition) is 3. The summed E-state index contributed by atoms with van der Waals surface area (Å²) in [5.41, 5.74) is 3.11. The number of nitrogens with zero attached hydrogens (tertiary/aromatic N) is 2. The molecule has 0 bridgehead atoms. The van der Waals surface area contributed by atoms with Crippen molar-refractivity contribution in [1.82, 2.24) is 9.88 Å². The summed E-state index contributed by atoms with van der Waals surface area (Å²) in [7, 11) is 0. The lowest BCUT2D eigenvalue weighted by Gasteiger charge is -2.10. The van der Waals surface area contributed by atoms with Crippen molar-refractivity contribution in [3.63, 3.8) is 0 Å². The lowest BCUT2D eigenvalue weighted by atomic mass is 10.2. The van der Waals surface area contributed by atoms with Crippen LogP contribution in [0.15, 0.2) is 52.6 Å². The van der Waals surface area contributed by atoms with E-state index in [-0.39, 0.29) is 5.91 Å². The van der Waals surface area contributed by atoms with E-state index in [0.717, 1.165) is 11.3 Å². The van der Waals surface area contributed by atoms with E-state index in [1.54, 1.807) is 0 Å². The molecule has 2 fully saturated rings. The minimum absolute atomic E-state index is 0.0792. The zero-order chi connectivity index (χ0) is 17.2. The molecule has 2 aliphatic rings. The van der Waals surface area contributed by atoms with Crippen molar-refractivity contribution < 1.29 is 4.79 Å². The molecule has 128 valence electrons. The van der Waals surface area contributed by atoms with Crippen molar-refractivity contribution in [2.45, 2.75) is 38.6 Å². The zero-order valence-corrected chi connectivity index (χ0v) is 15.1. The molecule has 1 aliphatic heterocycles. The number of hydrogen-bond donors (Lipinski definition) is 1. The van der Waals surface area contributed by atoms with Gasteiger partial charge in [0.2, 0.25) is 0 Å². The summed E-state index contributed by atoms with van der Waals surface area (Å²) in [4.78, 5) is 17.4. The van der Waals surface area contributed by atoms with E-state index in [0.29, 0.717) is 16.1 Å². The summed E-state index contributed by atoms with van der Waals surface area (Å²) in [6, 6.07) is 10.6. The summed E-state index contributed by atoms with van der Waals surface area (Å²) in [5, 5.41) is 3.48. The fourth-order valence-corrected chi connectivity index (χ4v) is 4.16. The number of aromatic nitrogens is 1. The van der Waals surface area contributed by atoms with Crippen molar-refractivity contribution in [3.8, 4) is 0 Å². The summed E-state index contributed by atoms with van der Waals surface area (Å²) in [6.07, 6.45) is 11.4. The van der Waals surface area contributed by atoms with Crippen LogP contribution in [-0.4, -0.2) is 15.6 Å². The molecule has 0 radical (unpaired) electrons. The predicted molar refractivity (Wildman–Crippen MR) is 104 cm³/mol. The van der Waals surface area contributed by atoms with Gasteiger partial charge in [-0.25, -0.2) is 4.99 Å². The Bertz CT molecular complexity index is 842. The minimum atomic E-state index is -0.0792. The number of rotatable bonds is 3. The highest BCUT2D eigenvalue weighted by atomic mass is 32.2. The van der Waals surface area contributed by atoms with Gasteiger partial charge in [0.1, 0.15) is 0 Å². The molecule has 1 aromatic carbocycles. The van der Waals surface area contributed by atoms with Gasteiger partial charge in [-0.2, -0.15) is 0 Å². The molecular formula is C20H21N3OS. The maximum atomic E-state index is 12.2. The Labute approximate surface area is 152 Å². The van der Waals surface area contributed by atoms with E-state index in [1.165, 1.54) is 43.0 Å². The molecule has 1 aromatic heterocycles. The third-order valence-corrected chi connectivity index (χ3v) is 5.61. The molecule has 1 N–H and O–H groups in total. The first-order valence-corrected chi connectivity index (χ1v) is 9.53. The third kappa shape index (κ3) is 3.71. The number of benzene rings is 1. The minimum Gasteiger partial charge on any atom is -0.351 e. The van der Waals surface area contributed by atoms with Crippen LogP contribution in [-0.2, 0) is 4.79 Å². The number of thioether (sulfide) groups is 1. The molecule has 0 atom stereocenters. The molecule has 1 saturated heterocycles. The number of amidine groups is 1. The van der Waals surface area contributed by atoms with E-state index < -0.39 is 0 Å². The highest BCUT2D eigenvalue weighted by Crippen LogP contribution is 2.31. The lowest BCUT2D eigenvalue weighted by molar-refractivity contribution is -0.115. The van der Waals surface area contributed by atoms with Crippen molar-refractivity contribution in [3.05, 3.63) is 58.8 Å². The molecule has 1 aliphatic carbocycles. The Morgan fingerprint density at radius 1 is 1.20 bits per heavy atom. The Morgan fingerprint density at radius 2 is 1.96 bits per heavy atom. The van der Waals surface area contributed by atoms with Crippen LogP contribution in [0.2, 0.25) is 0 Å². The summed E-state index contributed by atoms with van der Waals surface area (Å²) in [6.45, 7) is 2.04. The number of carbonyl (C=O) groups excluding carboxylic acids is 1. The van der Waals surface area contributed by atoms with Crippen LogP contribution in [0, 0.1) is 6.92 Å². The Balaban J connectivity index is 1.50. The second kappa shape index (κ2) is 6.92. The van der Waals surface area contributed by atoms with Crippen LogP contribution in [0.5, 0.6) is 0 Å². The molecule has 1 amide bonds. The van der Waals surface area contributed by atoms with E-state index in [2.05, 4.69) is 33.3 Å². The Morgan fingerprint density at radius 3 is 2.72 bits per heavy atom. The Hall–Kier alpha value is -2.27. The van der Waals surface area contributed by atoms with E-state index in [4.69, 9.17) is 0 Å². The van der Waals surface area contributed by atoms with Gasteiger partial charge in [0.15, 0.2) is 5.17 Å². The van der Waals surface area contributed by atoms with Crippen LogP contribution in [0.1, 0.15) is 42.9 Å². The summed E-state index contributed by atoms with van der Waals surface area (Å²) in [5.74, 6) is -0.0792. The highest BCUT2D eigenvalue weighted by Gasteiger charge is 2.24. The van der Waals surface area contributed by atoms with Crippen LogP contribution in [0.25, 0.3) is 6.08 Å². The van der Waals surface area contributed by atoms with Gasteiger partial charge in [-0.15, -0.1) is 0 Å². The van der Waals surface area contributed by atoms with Gasteiger partial charge in [-0.1, -0.05) is 30.5 Å². The summed E-state index contributed by atoms with van der Waals surface area (Å²) < 4.78 is 2.29. The summed E-state index contributed by atoms with van der Waals surface area (Å²) >= 11 is 1.40. The number of amides is 1. The molecule has 25 heavy (non-hydrogen) atoms. The van der Waals surface area contributed by atoms with Crippen molar-refractivity contribution >= 4 is 34.6 Å². The SMILES string of the molecule is Cc1ccc(N=C2NC(=O)/C(=C\c3ccn(C4CCCC4)c3)S2)cc1. The number of aryl methyl sites for hydroxylation is 1. The van der Waals surface area contributed by atoms with Crippen LogP contribution in [0.3, 0.4) is 0 Å². The molecule has 4 rings (SSSR count). The first kappa shape index (κ1) is 16.2. The van der Waals surface area contributed by atoms with Gasteiger partial charge in [0.25, 0.3) is 5.91 Å². The van der Waals surface area contributed by atoms with Gasteiger partial charge in [0.05, 0.1) is 10.6 Å². The second-order valence-corrected chi connectivity index (χ2v) is 7.68.